The first-order valence-electron chi connectivity index (χ1n) is 7.06. The Morgan fingerprint density at radius 2 is 2.00 bits per heavy atom. The third-order valence-corrected chi connectivity index (χ3v) is 5.15. The Kier molecular flexibility index (Phi) is 5.54. The summed E-state index contributed by atoms with van der Waals surface area (Å²) in [4.78, 5) is 4.00. The first-order valence-corrected chi connectivity index (χ1v) is 8.67. The summed E-state index contributed by atoms with van der Waals surface area (Å²) in [5.41, 5.74) is 6.09. The van der Waals surface area contributed by atoms with Gasteiger partial charge >= 0.3 is 6.36 Å². The van der Waals surface area contributed by atoms with E-state index in [1.54, 1.807) is 0 Å². The van der Waals surface area contributed by atoms with Crippen molar-refractivity contribution >= 4 is 21.7 Å². The fourth-order valence-electron chi connectivity index (χ4n) is 2.15. The zero-order chi connectivity index (χ0) is 17.8. The van der Waals surface area contributed by atoms with E-state index in [0.29, 0.717) is 18.7 Å². The van der Waals surface area contributed by atoms with Crippen molar-refractivity contribution in [2.45, 2.75) is 12.8 Å². The summed E-state index contributed by atoms with van der Waals surface area (Å²) in [7, 11) is -3.17. The Morgan fingerprint density at radius 1 is 1.33 bits per heavy atom. The molecule has 0 amide bonds. The Labute approximate surface area is 137 Å². The fraction of sp³-hybridized carbons (Fsp3) is 0.462. The number of aliphatic imine (C=N–C) groups is 1. The fourth-order valence-corrected chi connectivity index (χ4v) is 3.67. The van der Waals surface area contributed by atoms with Crippen LogP contribution in [-0.4, -0.2) is 50.4 Å². The number of hydrogen-bond donors (Lipinski definition) is 2. The van der Waals surface area contributed by atoms with Crippen LogP contribution >= 0.6 is 0 Å². The van der Waals surface area contributed by atoms with Crippen molar-refractivity contribution in [3.8, 4) is 5.75 Å². The predicted molar refractivity (Wildman–Crippen MR) is 83.2 cm³/mol. The second-order valence-corrected chi connectivity index (χ2v) is 7.12. The van der Waals surface area contributed by atoms with Crippen LogP contribution in [0.3, 0.4) is 0 Å². The number of halogens is 3. The van der Waals surface area contributed by atoms with Crippen LogP contribution in [0.15, 0.2) is 29.3 Å². The van der Waals surface area contributed by atoms with Crippen LogP contribution in [0.5, 0.6) is 5.75 Å². The van der Waals surface area contributed by atoms with Gasteiger partial charge in [0.15, 0.2) is 5.96 Å². The number of ether oxygens (including phenoxy) is 1. The molecule has 1 aromatic carbocycles. The van der Waals surface area contributed by atoms with Gasteiger partial charge in [-0.05, 0) is 30.7 Å². The number of guanidine groups is 1. The first-order chi connectivity index (χ1) is 11.2. The van der Waals surface area contributed by atoms with Crippen molar-refractivity contribution < 1.29 is 26.3 Å². The topological polar surface area (TPSA) is 97.0 Å². The summed E-state index contributed by atoms with van der Waals surface area (Å²) in [5, 5.41) is 2.70. The number of benzene rings is 1. The monoisotopic (exact) mass is 366 g/mol. The highest BCUT2D eigenvalue weighted by molar-refractivity contribution is 7.89. The number of rotatable bonds is 5. The van der Waals surface area contributed by atoms with E-state index >= 15 is 0 Å². The molecule has 134 valence electrons. The molecular weight excluding hydrogens is 349 g/mol. The summed E-state index contributed by atoms with van der Waals surface area (Å²) >= 11 is 0. The van der Waals surface area contributed by atoms with Gasteiger partial charge in [-0.1, -0.05) is 0 Å². The van der Waals surface area contributed by atoms with Gasteiger partial charge in [0.2, 0.25) is 10.0 Å². The van der Waals surface area contributed by atoms with Crippen molar-refractivity contribution in [3.63, 3.8) is 0 Å². The second kappa shape index (κ2) is 7.26. The molecule has 1 aromatic rings. The minimum Gasteiger partial charge on any atom is -0.406 e. The highest BCUT2D eigenvalue weighted by Gasteiger charge is 2.31. The molecule has 0 spiro atoms. The van der Waals surface area contributed by atoms with E-state index in [4.69, 9.17) is 5.73 Å². The van der Waals surface area contributed by atoms with Crippen molar-refractivity contribution in [3.05, 3.63) is 24.3 Å². The first kappa shape index (κ1) is 18.3. The molecule has 1 aliphatic heterocycles. The highest BCUT2D eigenvalue weighted by Crippen LogP contribution is 2.23. The minimum absolute atomic E-state index is 0.0380. The minimum atomic E-state index is -4.74. The van der Waals surface area contributed by atoms with Gasteiger partial charge in [0.25, 0.3) is 0 Å². The summed E-state index contributed by atoms with van der Waals surface area (Å²) in [6, 6.07) is 4.99. The lowest BCUT2D eigenvalue weighted by Gasteiger charge is -2.13. The molecule has 1 heterocycles. The molecule has 0 bridgehead atoms. The Bertz CT molecular complexity index is 689. The molecule has 0 saturated carbocycles. The molecule has 3 N–H and O–H groups in total. The molecule has 7 nitrogen and oxygen atoms in total. The molecule has 11 heteroatoms. The van der Waals surface area contributed by atoms with E-state index < -0.39 is 16.4 Å². The molecule has 1 aliphatic rings. The average molecular weight is 366 g/mol. The predicted octanol–water partition coefficient (Wildman–Crippen LogP) is 1.35. The summed E-state index contributed by atoms with van der Waals surface area (Å²) in [6.45, 7) is 0.905. The second-order valence-electron chi connectivity index (χ2n) is 5.03. The molecule has 24 heavy (non-hydrogen) atoms. The van der Waals surface area contributed by atoms with Crippen LogP contribution in [0.25, 0.3) is 0 Å². The highest BCUT2D eigenvalue weighted by atomic mass is 32.2. The molecule has 0 unspecified atom stereocenters. The van der Waals surface area contributed by atoms with Crippen LogP contribution in [0, 0.1) is 0 Å². The number of sulfonamides is 1. The number of alkyl halides is 3. The zero-order valence-corrected chi connectivity index (χ0v) is 13.4. The third kappa shape index (κ3) is 5.57. The van der Waals surface area contributed by atoms with E-state index in [1.165, 1.54) is 16.4 Å². The molecular formula is C13H17F3N4O3S. The molecule has 2 rings (SSSR count). The number of nitrogens with one attached hydrogen (secondary N) is 1. The number of nitrogens with two attached hydrogens (primary N) is 1. The van der Waals surface area contributed by atoms with Gasteiger partial charge in [0.1, 0.15) is 5.75 Å². The van der Waals surface area contributed by atoms with Gasteiger partial charge in [0, 0.05) is 18.8 Å². The maximum atomic E-state index is 12.1. The Balaban J connectivity index is 1.84. The summed E-state index contributed by atoms with van der Waals surface area (Å²) in [5.74, 6) is -0.157. The number of anilines is 1. The van der Waals surface area contributed by atoms with E-state index in [2.05, 4.69) is 15.0 Å². The van der Waals surface area contributed by atoms with Crippen LogP contribution in [0.1, 0.15) is 6.42 Å². The maximum Gasteiger partial charge on any atom is 0.573 e. The third-order valence-electron chi connectivity index (χ3n) is 3.20. The van der Waals surface area contributed by atoms with E-state index in [9.17, 15) is 21.6 Å². The lowest BCUT2D eigenvalue weighted by molar-refractivity contribution is -0.274. The van der Waals surface area contributed by atoms with E-state index in [1.807, 2.05) is 0 Å². The summed E-state index contributed by atoms with van der Waals surface area (Å²) in [6.07, 6.45) is -4.14. The van der Waals surface area contributed by atoms with Gasteiger partial charge in [0.05, 0.1) is 12.3 Å². The van der Waals surface area contributed by atoms with Crippen molar-refractivity contribution in [1.29, 1.82) is 0 Å². The van der Waals surface area contributed by atoms with Crippen LogP contribution in [0.4, 0.5) is 18.9 Å². The molecule has 1 fully saturated rings. The lowest BCUT2D eigenvalue weighted by Crippen LogP contribution is -2.30. The van der Waals surface area contributed by atoms with Crippen LogP contribution in [-0.2, 0) is 10.0 Å². The lowest BCUT2D eigenvalue weighted by atomic mass is 10.3. The molecule has 0 aliphatic carbocycles. The average Bonchev–Trinajstić information content (AvgIpc) is 2.79. The molecule has 1 saturated heterocycles. The smallest absolute Gasteiger partial charge is 0.406 e. The standard InChI is InChI=1S/C13H17F3N4O3S/c14-13(15,16)23-11-4-2-10(3-5-11)19-12(17)18-6-8-20-7-1-9-24(20,21)22/h2-5H,1,6-9H2,(H3,17,18,19). The normalized spacial score (nSPS) is 18.5. The zero-order valence-electron chi connectivity index (χ0n) is 12.6. The van der Waals surface area contributed by atoms with Crippen molar-refractivity contribution in [2.75, 3.05) is 30.7 Å². The quantitative estimate of drug-likeness (QED) is 0.606. The maximum absolute atomic E-state index is 12.1. The molecule has 0 aromatic heterocycles. The Morgan fingerprint density at radius 3 is 2.54 bits per heavy atom. The van der Waals surface area contributed by atoms with Gasteiger partial charge in [-0.2, -0.15) is 0 Å². The van der Waals surface area contributed by atoms with Crippen LogP contribution in [0.2, 0.25) is 0 Å². The van der Waals surface area contributed by atoms with Gasteiger partial charge in [-0.15, -0.1) is 13.2 Å². The molecule has 0 radical (unpaired) electrons. The Hall–Kier alpha value is -2.01. The van der Waals surface area contributed by atoms with Crippen molar-refractivity contribution in [1.82, 2.24) is 4.31 Å². The van der Waals surface area contributed by atoms with Crippen molar-refractivity contribution in [2.24, 2.45) is 10.7 Å². The van der Waals surface area contributed by atoms with Gasteiger partial charge < -0.3 is 15.8 Å². The van der Waals surface area contributed by atoms with E-state index in [0.717, 1.165) is 12.1 Å². The van der Waals surface area contributed by atoms with Gasteiger partial charge in [-0.3, -0.25) is 4.99 Å². The van der Waals surface area contributed by atoms with Crippen LogP contribution < -0.4 is 15.8 Å². The van der Waals surface area contributed by atoms with E-state index in [-0.39, 0.29) is 30.6 Å². The largest absolute Gasteiger partial charge is 0.573 e. The summed E-state index contributed by atoms with van der Waals surface area (Å²) < 4.78 is 64.5. The molecule has 0 atom stereocenters. The number of hydrogen-bond acceptors (Lipinski definition) is 4. The number of nitrogens with zero attached hydrogens (tertiary/aromatic N) is 2. The SMILES string of the molecule is NC(=NCCN1CCCS1(=O)=O)Nc1ccc(OC(F)(F)F)cc1. The van der Waals surface area contributed by atoms with Gasteiger partial charge in [-0.25, -0.2) is 12.7 Å².